The first kappa shape index (κ1) is 20.3. The van der Waals surface area contributed by atoms with E-state index < -0.39 is 28.1 Å². The van der Waals surface area contributed by atoms with Crippen molar-refractivity contribution in [2.45, 2.75) is 32.2 Å². The first-order valence-corrected chi connectivity index (χ1v) is 9.28. The van der Waals surface area contributed by atoms with Gasteiger partial charge in [-0.25, -0.2) is 0 Å². The van der Waals surface area contributed by atoms with Crippen LogP contribution < -0.4 is 10.4 Å². The summed E-state index contributed by atoms with van der Waals surface area (Å²) in [4.78, 5) is 35.8. The normalized spacial score (nSPS) is 21.1. The van der Waals surface area contributed by atoms with Crippen molar-refractivity contribution in [2.75, 3.05) is 0 Å². The minimum atomic E-state index is -1.79. The van der Waals surface area contributed by atoms with E-state index >= 15 is 0 Å². The molecule has 3 rings (SSSR count). The van der Waals surface area contributed by atoms with Gasteiger partial charge in [-0.3, -0.25) is 14.9 Å². The average molecular weight is 393 g/mol. The highest BCUT2D eigenvalue weighted by atomic mass is 16.6. The molecule has 7 nitrogen and oxygen atoms in total. The second-order valence-electron chi connectivity index (χ2n) is 7.29. The Labute approximate surface area is 168 Å². The molecule has 1 amide bonds. The molecule has 0 aliphatic heterocycles. The van der Waals surface area contributed by atoms with Gasteiger partial charge in [-0.15, -0.1) is 0 Å². The summed E-state index contributed by atoms with van der Waals surface area (Å²) < 4.78 is 0. The van der Waals surface area contributed by atoms with Gasteiger partial charge in [0.25, 0.3) is 5.69 Å². The monoisotopic (exact) mass is 393 g/mol. The Kier molecular flexibility index (Phi) is 5.77. The van der Waals surface area contributed by atoms with E-state index in [9.17, 15) is 24.8 Å². The van der Waals surface area contributed by atoms with Gasteiger partial charge in [0.1, 0.15) is 0 Å². The van der Waals surface area contributed by atoms with Gasteiger partial charge in [0.2, 0.25) is 5.91 Å². The lowest BCUT2D eigenvalue weighted by Crippen LogP contribution is -2.56. The first-order valence-electron chi connectivity index (χ1n) is 9.28. The van der Waals surface area contributed by atoms with Crippen LogP contribution in [0.3, 0.4) is 0 Å². The van der Waals surface area contributed by atoms with Crippen LogP contribution in [0.5, 0.6) is 0 Å². The quantitative estimate of drug-likeness (QED) is 0.351. The zero-order valence-electron chi connectivity index (χ0n) is 16.0. The van der Waals surface area contributed by atoms with E-state index in [1.165, 1.54) is 24.3 Å². The van der Waals surface area contributed by atoms with Gasteiger partial charge in [0.05, 0.1) is 16.3 Å². The van der Waals surface area contributed by atoms with Crippen LogP contribution >= 0.6 is 0 Å². The Morgan fingerprint density at radius 3 is 2.38 bits per heavy atom. The van der Waals surface area contributed by atoms with Crippen LogP contribution in [0.2, 0.25) is 0 Å². The van der Waals surface area contributed by atoms with E-state index in [4.69, 9.17) is 0 Å². The molecular weight excluding hydrogens is 372 g/mol. The third-order valence-corrected chi connectivity index (χ3v) is 5.47. The lowest BCUT2D eigenvalue weighted by molar-refractivity contribution is -0.384. The molecule has 0 radical (unpaired) electrons. The maximum absolute atomic E-state index is 13.1. The highest BCUT2D eigenvalue weighted by Gasteiger charge is 2.48. The molecule has 2 aromatic carbocycles. The number of carboxylic acids is 1. The number of non-ortho nitro benzene ring substituents is 1. The Hall–Kier alpha value is -3.48. The zero-order valence-corrected chi connectivity index (χ0v) is 16.0. The maximum atomic E-state index is 13.1. The third kappa shape index (κ3) is 4.03. The summed E-state index contributed by atoms with van der Waals surface area (Å²) in [5.74, 6) is -2.75. The first-order chi connectivity index (χ1) is 13.8. The summed E-state index contributed by atoms with van der Waals surface area (Å²) in [7, 11) is 0. The number of carbonyl (C=O) groups excluding carboxylic acids is 2. The number of nitrogens with zero attached hydrogens (tertiary/aromatic N) is 1. The van der Waals surface area contributed by atoms with Crippen LogP contribution in [0.15, 0.2) is 66.2 Å². The molecule has 0 heterocycles. The topological polar surface area (TPSA) is 112 Å². The number of nitrogens with one attached hydrogen (secondary N) is 1. The van der Waals surface area contributed by atoms with Gasteiger partial charge in [-0.05, 0) is 30.9 Å². The van der Waals surface area contributed by atoms with Crippen LogP contribution in [0, 0.1) is 15.5 Å². The number of aliphatic carboxylic acids is 1. The fourth-order valence-corrected chi connectivity index (χ4v) is 3.79. The molecular formula is C22H21N2O5-. The molecule has 7 heteroatoms. The molecule has 0 bridgehead atoms. The summed E-state index contributed by atoms with van der Waals surface area (Å²) in [5.41, 5.74) is 0.487. The van der Waals surface area contributed by atoms with E-state index in [2.05, 4.69) is 5.32 Å². The molecule has 2 aromatic rings. The van der Waals surface area contributed by atoms with E-state index in [0.29, 0.717) is 12.0 Å². The lowest BCUT2D eigenvalue weighted by atomic mass is 9.63. The molecule has 150 valence electrons. The minimum absolute atomic E-state index is 0.00342. The number of benzene rings is 2. The summed E-state index contributed by atoms with van der Waals surface area (Å²) >= 11 is 0. The summed E-state index contributed by atoms with van der Waals surface area (Å²) in [5, 5.41) is 26.0. The zero-order chi connectivity index (χ0) is 21.0. The summed E-state index contributed by atoms with van der Waals surface area (Å²) in [6.45, 7) is 2.07. The Bertz CT molecular complexity index is 953. The van der Waals surface area contributed by atoms with Crippen LogP contribution in [0.1, 0.15) is 36.8 Å². The standard InChI is InChI=1S/C22H22N2O5/c1-15-11-12-22(21(26)27,20(25)23-14-16-5-3-2-4-6-16)19(13-15)17-7-9-18(10-8-17)24(28)29/h2-11,19H,12-14H2,1H3,(H,23,25)(H,26,27)/p-1/t19-,22+/m0/s1. The van der Waals surface area contributed by atoms with Crippen molar-refractivity contribution in [1.82, 2.24) is 5.32 Å². The second-order valence-corrected chi connectivity index (χ2v) is 7.29. The highest BCUT2D eigenvalue weighted by Crippen LogP contribution is 2.47. The van der Waals surface area contributed by atoms with E-state index in [-0.39, 0.29) is 18.7 Å². The fourth-order valence-electron chi connectivity index (χ4n) is 3.79. The van der Waals surface area contributed by atoms with Crippen LogP contribution in [0.25, 0.3) is 0 Å². The van der Waals surface area contributed by atoms with Gasteiger partial charge in [0, 0.05) is 24.6 Å². The number of nitro groups is 1. The summed E-state index contributed by atoms with van der Waals surface area (Å²) in [6.07, 6.45) is 2.10. The van der Waals surface area contributed by atoms with Crippen LogP contribution in [0.4, 0.5) is 5.69 Å². The fraction of sp³-hybridized carbons (Fsp3) is 0.273. The van der Waals surface area contributed by atoms with Gasteiger partial charge >= 0.3 is 0 Å². The molecule has 1 aliphatic rings. The number of carbonyl (C=O) groups is 2. The molecule has 0 spiro atoms. The van der Waals surface area contributed by atoms with Crippen molar-refractivity contribution < 1.29 is 19.6 Å². The van der Waals surface area contributed by atoms with Crippen molar-refractivity contribution in [1.29, 1.82) is 0 Å². The number of amides is 1. The van der Waals surface area contributed by atoms with E-state index in [1.807, 2.05) is 37.3 Å². The lowest BCUT2D eigenvalue weighted by Gasteiger charge is -2.43. The van der Waals surface area contributed by atoms with Crippen molar-refractivity contribution in [2.24, 2.45) is 5.41 Å². The van der Waals surface area contributed by atoms with E-state index in [1.54, 1.807) is 6.08 Å². The minimum Gasteiger partial charge on any atom is -0.549 e. The molecule has 1 N–H and O–H groups in total. The van der Waals surface area contributed by atoms with E-state index in [0.717, 1.165) is 11.1 Å². The molecule has 0 unspecified atom stereocenters. The predicted octanol–water partition coefficient (Wildman–Crippen LogP) is 2.47. The Morgan fingerprint density at radius 1 is 1.14 bits per heavy atom. The van der Waals surface area contributed by atoms with Crippen LogP contribution in [-0.4, -0.2) is 16.8 Å². The van der Waals surface area contributed by atoms with Crippen molar-refractivity contribution >= 4 is 17.6 Å². The summed E-state index contributed by atoms with van der Waals surface area (Å²) in [6, 6.07) is 14.9. The number of rotatable bonds is 6. The number of carboxylic acid groups (broad SMARTS) is 1. The van der Waals surface area contributed by atoms with Gasteiger partial charge in [-0.1, -0.05) is 54.1 Å². The van der Waals surface area contributed by atoms with Crippen molar-refractivity contribution in [3.8, 4) is 0 Å². The maximum Gasteiger partial charge on any atom is 0.269 e. The number of nitro benzene ring substituents is 1. The predicted molar refractivity (Wildman–Crippen MR) is 105 cm³/mol. The SMILES string of the molecule is CC1=CC[C@](C(=O)[O-])(C(=O)NCc2ccccc2)[C@H](c2ccc([N+](=O)[O-])cc2)C1. The van der Waals surface area contributed by atoms with Gasteiger partial charge < -0.3 is 15.2 Å². The third-order valence-electron chi connectivity index (χ3n) is 5.47. The molecule has 2 atom stereocenters. The Morgan fingerprint density at radius 2 is 1.79 bits per heavy atom. The number of hydrogen-bond acceptors (Lipinski definition) is 5. The molecule has 0 aromatic heterocycles. The average Bonchev–Trinajstić information content (AvgIpc) is 2.72. The molecule has 0 saturated carbocycles. The highest BCUT2D eigenvalue weighted by molar-refractivity contribution is 6.02. The largest absolute Gasteiger partial charge is 0.549 e. The molecule has 1 aliphatic carbocycles. The Balaban J connectivity index is 1.95. The smallest absolute Gasteiger partial charge is 0.269 e. The second kappa shape index (κ2) is 8.26. The molecule has 29 heavy (non-hydrogen) atoms. The van der Waals surface area contributed by atoms with Crippen molar-refractivity contribution in [3.05, 3.63) is 87.5 Å². The van der Waals surface area contributed by atoms with Crippen LogP contribution in [-0.2, 0) is 16.1 Å². The number of hydrogen-bond donors (Lipinski definition) is 1. The molecule has 0 fully saturated rings. The molecule has 0 saturated heterocycles. The van der Waals surface area contributed by atoms with Crippen molar-refractivity contribution in [3.63, 3.8) is 0 Å². The van der Waals surface area contributed by atoms with Gasteiger partial charge in [-0.2, -0.15) is 0 Å². The number of allylic oxidation sites excluding steroid dienone is 2. The van der Waals surface area contributed by atoms with Gasteiger partial charge in [0.15, 0.2) is 0 Å².